The zero-order valence-corrected chi connectivity index (χ0v) is 59.0. The molecule has 8 saturated carbocycles. The third kappa shape index (κ3) is 13.5. The number of alkyl halides is 1. The average molecular weight is 1450 g/mol. The van der Waals surface area contributed by atoms with Crippen molar-refractivity contribution in [3.63, 3.8) is 0 Å². The number of carbonyl (C=O) groups is 3. The molecule has 6 heterocycles. The summed E-state index contributed by atoms with van der Waals surface area (Å²) in [5.74, 6) is 5.66. The van der Waals surface area contributed by atoms with E-state index in [2.05, 4.69) is 72.7 Å². The first-order chi connectivity index (χ1) is 50.9. The van der Waals surface area contributed by atoms with Crippen LogP contribution in [0.2, 0.25) is 0 Å². The average Bonchev–Trinajstić information content (AvgIpc) is 1.56. The van der Waals surface area contributed by atoms with Gasteiger partial charge >= 0.3 is 0 Å². The molecule has 3 amide bonds. The van der Waals surface area contributed by atoms with Crippen LogP contribution in [-0.2, 0) is 0 Å². The van der Waals surface area contributed by atoms with Crippen molar-refractivity contribution in [1.29, 1.82) is 0 Å². The summed E-state index contributed by atoms with van der Waals surface area (Å²) < 4.78 is 5.79. The minimum absolute atomic E-state index is 0.0112. The Morgan fingerprint density at radius 1 is 0.442 bits per heavy atom. The van der Waals surface area contributed by atoms with Gasteiger partial charge in [0, 0.05) is 73.3 Å². The highest BCUT2D eigenvalue weighted by molar-refractivity contribution is 9.09. The topological polar surface area (TPSA) is 278 Å². The van der Waals surface area contributed by atoms with Crippen LogP contribution in [0.3, 0.4) is 0 Å². The van der Waals surface area contributed by atoms with Gasteiger partial charge in [-0.25, -0.2) is 14.9 Å². The van der Waals surface area contributed by atoms with E-state index in [1.54, 1.807) is 35.4 Å². The second-order valence-corrected chi connectivity index (χ2v) is 30.8. The van der Waals surface area contributed by atoms with E-state index in [1.165, 1.54) is 109 Å². The van der Waals surface area contributed by atoms with Gasteiger partial charge in [0.2, 0.25) is 0 Å². The molecule has 6 N–H and O–H groups in total. The summed E-state index contributed by atoms with van der Waals surface area (Å²) in [6.45, 7) is 0. The molecule has 6 bridgehead atoms. The van der Waals surface area contributed by atoms with E-state index in [9.17, 15) is 28.8 Å². The van der Waals surface area contributed by atoms with Gasteiger partial charge in [-0.15, -0.1) is 0 Å². The third-order valence-corrected chi connectivity index (χ3v) is 24.8. The van der Waals surface area contributed by atoms with Crippen molar-refractivity contribution in [3.05, 3.63) is 231 Å². The van der Waals surface area contributed by atoms with Crippen LogP contribution in [0.15, 0.2) is 197 Å². The second kappa shape index (κ2) is 28.5. The van der Waals surface area contributed by atoms with E-state index in [4.69, 9.17) is 5.10 Å². The molecular formula is C82H80BrN15O6. The number of nitrogens with zero attached hydrogens (tertiary/aromatic N) is 9. The molecule has 20 rings (SSSR count). The standard InChI is InChI=1S/3C25H23N5O2.C7H11Br/c31-24(18-13-26-30(14-18)22-12-15-5-6-17(22)11-15)27-19-9-7-16(8-10-19)23-20-3-1-2-4-21(20)25(32)29-28-23;31-24(18-13-26-30(14-18)23-16-5-6-17(23)8-7-16)27-19-11-9-15(10-12-19)22-20-3-1-2-4-21(20)25(32)29-28-22;31-24(18-13-26-27-14-18)28-19-11-9-15(10-12-19)22-20-3-1-2-4-21(20)25(32)30(29-22)23(16-5-6-16)17-7-8-17;8-7-5-1-2-6(7)4-3-5/h1-4,7-10,13-15,17,22H,5-6,11-12H2,(H,27,31)(H,29,32);1-4,9-14,16-17,23H,5-8H2,(H,27,31)(H,29,32);1-4,9-14,16-17,23H,5-8H2,(H,26,27)(H,28,31);5-7H,1-4H2. The monoisotopic (exact) mass is 1450 g/mol. The molecule has 8 aliphatic carbocycles. The molecule has 526 valence electrons. The molecule has 6 aromatic carbocycles. The summed E-state index contributed by atoms with van der Waals surface area (Å²) in [6, 6.07) is 46.1. The molecule has 22 heteroatoms. The number of anilines is 3. The lowest BCUT2D eigenvalue weighted by Gasteiger charge is -2.21. The van der Waals surface area contributed by atoms with Crippen molar-refractivity contribution in [2.75, 3.05) is 16.0 Å². The van der Waals surface area contributed by atoms with Gasteiger partial charge in [-0.2, -0.15) is 30.6 Å². The number of aromatic amines is 3. The van der Waals surface area contributed by atoms with E-state index in [0.29, 0.717) is 103 Å². The quantitative estimate of drug-likeness (QED) is 0.0555. The number of amides is 3. The van der Waals surface area contributed by atoms with Crippen LogP contribution in [0.1, 0.15) is 152 Å². The fourth-order valence-corrected chi connectivity index (χ4v) is 18.7. The Bertz CT molecular complexity index is 5320. The molecule has 0 saturated heterocycles. The maximum Gasteiger partial charge on any atom is 0.274 e. The molecule has 104 heavy (non-hydrogen) atoms. The number of aromatic nitrogens is 12. The van der Waals surface area contributed by atoms with Crippen molar-refractivity contribution < 1.29 is 14.4 Å². The summed E-state index contributed by atoms with van der Waals surface area (Å²) >= 11 is 3.73. The van der Waals surface area contributed by atoms with Crippen LogP contribution in [-0.4, -0.2) is 82.5 Å². The first kappa shape index (κ1) is 66.5. The van der Waals surface area contributed by atoms with Crippen molar-refractivity contribution in [2.24, 2.45) is 47.3 Å². The Kier molecular flexibility index (Phi) is 18.2. The van der Waals surface area contributed by atoms with Gasteiger partial charge in [0.15, 0.2) is 0 Å². The largest absolute Gasteiger partial charge is 0.322 e. The van der Waals surface area contributed by atoms with Gasteiger partial charge < -0.3 is 16.0 Å². The second-order valence-electron chi connectivity index (χ2n) is 29.7. The summed E-state index contributed by atoms with van der Waals surface area (Å²) in [4.78, 5) is 76.1. The molecule has 12 aromatic rings. The Labute approximate surface area is 607 Å². The predicted molar refractivity (Wildman–Crippen MR) is 406 cm³/mol. The highest BCUT2D eigenvalue weighted by Gasteiger charge is 2.46. The molecule has 0 aliphatic heterocycles. The van der Waals surface area contributed by atoms with Crippen LogP contribution in [0.5, 0.6) is 0 Å². The number of carbonyl (C=O) groups excluding carboxylic acids is 3. The maximum atomic E-state index is 13.4. The zero-order chi connectivity index (χ0) is 70.5. The maximum absolute atomic E-state index is 13.4. The lowest BCUT2D eigenvalue weighted by molar-refractivity contribution is 0.101. The summed E-state index contributed by atoms with van der Waals surface area (Å²) in [5, 5.41) is 47.1. The molecule has 0 spiro atoms. The molecule has 8 fully saturated rings. The number of rotatable bonds is 14. The molecular weight excluding hydrogens is 1370 g/mol. The number of H-pyrrole nitrogens is 3. The smallest absolute Gasteiger partial charge is 0.274 e. The van der Waals surface area contributed by atoms with Crippen LogP contribution >= 0.6 is 15.9 Å². The van der Waals surface area contributed by atoms with Crippen LogP contribution in [0, 0.1) is 47.3 Å². The highest BCUT2D eigenvalue weighted by atomic mass is 79.9. The van der Waals surface area contributed by atoms with Crippen LogP contribution < -0.4 is 32.6 Å². The fourth-order valence-electron chi connectivity index (χ4n) is 17.7. The SMILES string of the molecule is BrC1C2CCC1CC2.O=C(Nc1ccc(-c2n[nH]c(=O)c3ccccc23)cc1)c1cnn(C2C3CCC2CC3)c1.O=C(Nc1ccc(-c2n[nH]c(=O)c3ccccc23)cc1)c1cnn(C2CC3CCC2C3)c1.O=C(Nc1ccc(-c2nn(C(C3CC3)C3CC3)c(=O)c3ccccc23)cc1)c1cn[nH]c1. The lowest BCUT2D eigenvalue weighted by Crippen LogP contribution is -2.30. The number of fused-ring (bicyclic) bond motifs is 9. The Morgan fingerprint density at radius 2 is 0.865 bits per heavy atom. The van der Waals surface area contributed by atoms with Crippen LogP contribution in [0.4, 0.5) is 17.1 Å². The zero-order valence-electron chi connectivity index (χ0n) is 57.4. The molecule has 3 atom stereocenters. The number of hydrogen-bond donors (Lipinski definition) is 6. The number of nitrogens with one attached hydrogen (secondary N) is 6. The summed E-state index contributed by atoms with van der Waals surface area (Å²) in [7, 11) is 0. The first-order valence-corrected chi connectivity index (χ1v) is 37.7. The third-order valence-electron chi connectivity index (χ3n) is 23.3. The van der Waals surface area contributed by atoms with E-state index in [0.717, 1.165) is 61.1 Å². The number of halogens is 1. The predicted octanol–water partition coefficient (Wildman–Crippen LogP) is 15.8. The van der Waals surface area contributed by atoms with Gasteiger partial charge in [0.05, 0.1) is 86.6 Å². The summed E-state index contributed by atoms with van der Waals surface area (Å²) in [5.41, 5.74) is 8.14. The fraction of sp³-hybridized carbons (Fsp3) is 0.341. The molecule has 21 nitrogen and oxygen atoms in total. The molecule has 3 unspecified atom stereocenters. The van der Waals surface area contributed by atoms with Crippen LogP contribution in [0.25, 0.3) is 66.1 Å². The lowest BCUT2D eigenvalue weighted by atomic mass is 9.95. The van der Waals surface area contributed by atoms with Gasteiger partial charge in [0.1, 0.15) is 0 Å². The van der Waals surface area contributed by atoms with E-state index in [1.807, 2.05) is 155 Å². The van der Waals surface area contributed by atoms with E-state index in [-0.39, 0.29) is 40.4 Å². The normalized spacial score (nSPS) is 22.4. The molecule has 8 aliphatic rings. The van der Waals surface area contributed by atoms with E-state index >= 15 is 0 Å². The first-order valence-electron chi connectivity index (χ1n) is 36.8. The van der Waals surface area contributed by atoms with Crippen molar-refractivity contribution in [2.45, 2.75) is 126 Å². The highest BCUT2D eigenvalue weighted by Crippen LogP contribution is 2.54. The van der Waals surface area contributed by atoms with Crippen molar-refractivity contribution >= 4 is 83.0 Å². The van der Waals surface area contributed by atoms with Gasteiger partial charge in [-0.1, -0.05) is 113 Å². The molecule has 6 aromatic heterocycles. The van der Waals surface area contributed by atoms with Gasteiger partial charge in [0.25, 0.3) is 34.4 Å². The van der Waals surface area contributed by atoms with Gasteiger partial charge in [-0.3, -0.25) is 43.2 Å². The summed E-state index contributed by atoms with van der Waals surface area (Å²) in [6.07, 6.45) is 31.1. The van der Waals surface area contributed by atoms with E-state index < -0.39 is 0 Å². The Balaban J connectivity index is 0.000000109. The number of hydrogen-bond acceptors (Lipinski definition) is 12. The Hall–Kier alpha value is -10.7. The van der Waals surface area contributed by atoms with Crippen molar-refractivity contribution in [3.8, 4) is 33.8 Å². The molecule has 0 radical (unpaired) electrons. The Morgan fingerprint density at radius 3 is 1.30 bits per heavy atom. The number of benzene rings is 6. The van der Waals surface area contributed by atoms with Gasteiger partial charge in [-0.05, 0) is 198 Å². The minimum Gasteiger partial charge on any atom is -0.322 e. The van der Waals surface area contributed by atoms with Crippen molar-refractivity contribution in [1.82, 2.24) is 59.9 Å². The minimum atomic E-state index is -0.222.